The monoisotopic (exact) mass is 575 g/mol. The van der Waals surface area contributed by atoms with Crippen LogP contribution in [0.5, 0.6) is 5.75 Å². The fraction of sp³-hybridized carbons (Fsp3) is 0.333. The first-order valence-corrected chi connectivity index (χ1v) is 12.9. The van der Waals surface area contributed by atoms with Gasteiger partial charge < -0.3 is 25.0 Å². The molecule has 2 aromatic carbocycles. The van der Waals surface area contributed by atoms with Gasteiger partial charge >= 0.3 is 5.97 Å². The van der Waals surface area contributed by atoms with E-state index in [2.05, 4.69) is 15.7 Å². The Kier molecular flexibility index (Phi) is 9.00. The second kappa shape index (κ2) is 12.4. The van der Waals surface area contributed by atoms with E-state index in [0.717, 1.165) is 16.8 Å². The number of amides is 2. The van der Waals surface area contributed by atoms with Crippen LogP contribution in [-0.4, -0.2) is 67.5 Å². The molecule has 1 atom stereocenters. The first-order chi connectivity index (χ1) is 19.2. The fourth-order valence-electron chi connectivity index (χ4n) is 4.31. The number of nitrogens with one attached hydrogen (secondary N) is 2. The van der Waals surface area contributed by atoms with E-state index in [1.165, 1.54) is 18.0 Å². The molecular formula is C27H28ClF2N5O5. The number of fused-ring (bicyclic) bond motifs is 1. The summed E-state index contributed by atoms with van der Waals surface area (Å²) in [4.78, 5) is 39.2. The zero-order valence-corrected chi connectivity index (χ0v) is 22.8. The number of ether oxygens (including phenoxy) is 2. The van der Waals surface area contributed by atoms with Crippen molar-refractivity contribution in [1.29, 1.82) is 0 Å². The highest BCUT2D eigenvalue weighted by Gasteiger charge is 2.30. The molecule has 1 aliphatic rings. The molecule has 1 aliphatic heterocycles. The van der Waals surface area contributed by atoms with Gasteiger partial charge in [-0.2, -0.15) is 5.10 Å². The lowest BCUT2D eigenvalue weighted by Gasteiger charge is -2.20. The molecule has 0 aliphatic carbocycles. The van der Waals surface area contributed by atoms with E-state index in [1.54, 1.807) is 32.2 Å². The second-order valence-corrected chi connectivity index (χ2v) is 9.28. The van der Waals surface area contributed by atoms with Gasteiger partial charge in [-0.15, -0.1) is 0 Å². The van der Waals surface area contributed by atoms with E-state index in [4.69, 9.17) is 21.1 Å². The van der Waals surface area contributed by atoms with Gasteiger partial charge in [-0.3, -0.25) is 9.59 Å². The molecule has 212 valence electrons. The second-order valence-electron chi connectivity index (χ2n) is 8.92. The number of hydrogen-bond donors (Lipinski definition) is 2. The van der Waals surface area contributed by atoms with Crippen molar-refractivity contribution in [3.8, 4) is 5.75 Å². The van der Waals surface area contributed by atoms with Gasteiger partial charge in [-0.05, 0) is 43.7 Å². The number of nitrogens with zero attached hydrogens (tertiary/aromatic N) is 3. The van der Waals surface area contributed by atoms with Gasteiger partial charge in [0.15, 0.2) is 5.69 Å². The minimum absolute atomic E-state index is 0.0159. The summed E-state index contributed by atoms with van der Waals surface area (Å²) in [5, 5.41) is 9.86. The fourth-order valence-corrected chi connectivity index (χ4v) is 4.59. The summed E-state index contributed by atoms with van der Waals surface area (Å²) in [5.74, 6) is -2.45. The van der Waals surface area contributed by atoms with Gasteiger partial charge in [-0.1, -0.05) is 17.7 Å². The lowest BCUT2D eigenvalue weighted by Crippen LogP contribution is -2.47. The van der Waals surface area contributed by atoms with Crippen molar-refractivity contribution in [2.75, 3.05) is 38.8 Å². The maximum Gasteiger partial charge on any atom is 0.359 e. The Hall–Kier alpha value is -4.03. The van der Waals surface area contributed by atoms with Crippen molar-refractivity contribution in [2.45, 2.75) is 25.9 Å². The molecule has 2 heterocycles. The van der Waals surface area contributed by atoms with E-state index >= 15 is 0 Å². The Bertz CT molecular complexity index is 1430. The Balaban J connectivity index is 1.51. The minimum atomic E-state index is -0.771. The van der Waals surface area contributed by atoms with Gasteiger partial charge in [0, 0.05) is 37.3 Å². The molecule has 2 amide bonds. The quantitative estimate of drug-likeness (QED) is 0.377. The minimum Gasteiger partial charge on any atom is -0.489 e. The van der Waals surface area contributed by atoms with Crippen LogP contribution in [0.25, 0.3) is 0 Å². The summed E-state index contributed by atoms with van der Waals surface area (Å²) in [6.45, 7) is 1.55. The van der Waals surface area contributed by atoms with Crippen LogP contribution in [0, 0.1) is 11.6 Å². The smallest absolute Gasteiger partial charge is 0.359 e. The number of benzene rings is 2. The van der Waals surface area contributed by atoms with Crippen LogP contribution >= 0.6 is 11.6 Å². The van der Waals surface area contributed by atoms with Crippen LogP contribution in [0.3, 0.4) is 0 Å². The van der Waals surface area contributed by atoms with E-state index in [1.807, 2.05) is 0 Å². The van der Waals surface area contributed by atoms with E-state index in [-0.39, 0.29) is 60.9 Å². The molecule has 0 unspecified atom stereocenters. The number of halogens is 3. The first-order valence-electron chi connectivity index (χ1n) is 12.5. The zero-order chi connectivity index (χ0) is 29.0. The number of carbonyl (C=O) groups is 3. The molecule has 0 radical (unpaired) electrons. The summed E-state index contributed by atoms with van der Waals surface area (Å²) in [7, 11) is 3.12. The van der Waals surface area contributed by atoms with Crippen molar-refractivity contribution in [3.05, 3.63) is 75.6 Å². The van der Waals surface area contributed by atoms with Crippen LogP contribution < -0.4 is 20.3 Å². The highest BCUT2D eigenvalue weighted by Crippen LogP contribution is 2.32. The number of likely N-dealkylation sites (N-methyl/N-ethyl adjacent to an activating group) is 1. The van der Waals surface area contributed by atoms with Gasteiger partial charge in [-0.25, -0.2) is 18.3 Å². The third-order valence-corrected chi connectivity index (χ3v) is 6.85. The molecule has 0 fully saturated rings. The molecule has 10 nitrogen and oxygen atoms in total. The average Bonchev–Trinajstić information content (AvgIpc) is 3.19. The van der Waals surface area contributed by atoms with Crippen molar-refractivity contribution < 1.29 is 32.6 Å². The molecule has 2 N–H and O–H groups in total. The van der Waals surface area contributed by atoms with Gasteiger partial charge in [0.25, 0.3) is 5.91 Å². The lowest BCUT2D eigenvalue weighted by atomic mass is 10.1. The normalized spacial score (nSPS) is 14.8. The maximum atomic E-state index is 14.2. The number of carbonyl (C=O) groups excluding carboxylic acids is 3. The largest absolute Gasteiger partial charge is 0.489 e. The number of aromatic nitrogens is 2. The molecule has 13 heteroatoms. The van der Waals surface area contributed by atoms with Crippen LogP contribution in [0.15, 0.2) is 36.4 Å². The average molecular weight is 576 g/mol. The predicted molar refractivity (Wildman–Crippen MR) is 143 cm³/mol. The standard InChI is InChI=1S/C27H28ClF2N5O5/c1-4-39-27(38)23-16(24(28)35(33-23)13-17-18(29)6-5-7-19(17)30)10-11-32-20-14-40-22-12-15(25(36)31-2)8-9-21(22)34(3)26(20)37/h5-9,12,20,32H,4,10-11,13-14H2,1-3H3,(H,31,36)/t20-/m0/s1. The molecule has 0 bridgehead atoms. The molecule has 1 aromatic heterocycles. The molecule has 40 heavy (non-hydrogen) atoms. The Labute approximate surface area is 234 Å². The molecular weight excluding hydrogens is 548 g/mol. The summed E-state index contributed by atoms with van der Waals surface area (Å²) in [6, 6.07) is 7.53. The topological polar surface area (TPSA) is 115 Å². The Morgan fingerprint density at radius 2 is 1.93 bits per heavy atom. The van der Waals surface area contributed by atoms with E-state index in [0.29, 0.717) is 22.6 Å². The number of anilines is 1. The third kappa shape index (κ3) is 5.92. The number of esters is 1. The molecule has 0 saturated carbocycles. The highest BCUT2D eigenvalue weighted by atomic mass is 35.5. The lowest BCUT2D eigenvalue weighted by molar-refractivity contribution is -0.120. The van der Waals surface area contributed by atoms with Crippen molar-refractivity contribution >= 4 is 35.1 Å². The SMILES string of the molecule is CCOC(=O)c1nn(Cc2c(F)cccc2F)c(Cl)c1CCN[C@H]1COc2cc(C(=O)NC)ccc2N(C)C1=O. The van der Waals surface area contributed by atoms with Crippen LogP contribution in [-0.2, 0) is 22.5 Å². The van der Waals surface area contributed by atoms with Crippen molar-refractivity contribution in [3.63, 3.8) is 0 Å². The molecule has 0 spiro atoms. The molecule has 3 aromatic rings. The number of rotatable bonds is 9. The first kappa shape index (κ1) is 29.0. The molecule has 4 rings (SSSR count). The zero-order valence-electron chi connectivity index (χ0n) is 22.1. The highest BCUT2D eigenvalue weighted by molar-refractivity contribution is 6.30. The van der Waals surface area contributed by atoms with Crippen LogP contribution in [0.2, 0.25) is 5.15 Å². The summed E-state index contributed by atoms with van der Waals surface area (Å²) in [6.07, 6.45) is 0.147. The van der Waals surface area contributed by atoms with Gasteiger partial charge in [0.2, 0.25) is 5.91 Å². The summed E-state index contributed by atoms with van der Waals surface area (Å²) in [5.41, 5.74) is 0.867. The third-order valence-electron chi connectivity index (χ3n) is 6.43. The maximum absolute atomic E-state index is 14.2. The predicted octanol–water partition coefficient (Wildman–Crippen LogP) is 2.96. The van der Waals surface area contributed by atoms with E-state index in [9.17, 15) is 23.2 Å². The van der Waals surface area contributed by atoms with E-state index < -0.39 is 23.6 Å². The van der Waals surface area contributed by atoms with Gasteiger partial charge in [0.05, 0.1) is 18.8 Å². The summed E-state index contributed by atoms with van der Waals surface area (Å²) >= 11 is 6.53. The Morgan fingerprint density at radius 1 is 1.20 bits per heavy atom. The summed E-state index contributed by atoms with van der Waals surface area (Å²) < 4.78 is 40.6. The van der Waals surface area contributed by atoms with Crippen LogP contribution in [0.1, 0.15) is 38.9 Å². The van der Waals surface area contributed by atoms with Crippen molar-refractivity contribution in [1.82, 2.24) is 20.4 Å². The van der Waals surface area contributed by atoms with Crippen LogP contribution in [0.4, 0.5) is 14.5 Å². The Morgan fingerprint density at radius 3 is 2.60 bits per heavy atom. The number of hydrogen-bond acceptors (Lipinski definition) is 7. The molecule has 0 saturated heterocycles. The van der Waals surface area contributed by atoms with Crippen molar-refractivity contribution in [2.24, 2.45) is 0 Å². The van der Waals surface area contributed by atoms with Gasteiger partial charge in [0.1, 0.15) is 35.2 Å².